The Morgan fingerprint density at radius 1 is 1.38 bits per heavy atom. The highest BCUT2D eigenvalue weighted by Crippen LogP contribution is 2.35. The first-order valence-corrected chi connectivity index (χ1v) is 5.22. The molecule has 4 heteroatoms. The van der Waals surface area contributed by atoms with Crippen LogP contribution in [0.15, 0.2) is 18.2 Å². The Balaban J connectivity index is 2.24. The van der Waals surface area contributed by atoms with Gasteiger partial charge in [-0.3, -0.25) is 4.79 Å². The number of nitrogens with zero attached hydrogens (tertiary/aromatic N) is 1. The van der Waals surface area contributed by atoms with Crippen molar-refractivity contribution < 1.29 is 14.3 Å². The lowest BCUT2D eigenvalue weighted by atomic mass is 10.1. The van der Waals surface area contributed by atoms with Gasteiger partial charge in [-0.15, -0.1) is 0 Å². The van der Waals surface area contributed by atoms with Crippen LogP contribution in [0.4, 0.5) is 0 Å². The molecule has 0 spiro atoms. The molecule has 0 N–H and O–H groups in total. The van der Waals surface area contributed by atoms with Crippen LogP contribution in [0.3, 0.4) is 0 Å². The molecule has 1 heterocycles. The number of ether oxygens (including phenoxy) is 2. The number of carbonyl (C=O) groups excluding carboxylic acids is 1. The van der Waals surface area contributed by atoms with E-state index in [1.165, 1.54) is 0 Å². The third-order valence-corrected chi connectivity index (χ3v) is 2.96. The fourth-order valence-electron chi connectivity index (χ4n) is 1.67. The molecule has 2 rings (SSSR count). The van der Waals surface area contributed by atoms with Crippen LogP contribution in [-0.4, -0.2) is 24.6 Å². The van der Waals surface area contributed by atoms with E-state index in [2.05, 4.69) is 0 Å². The molecule has 0 aliphatic carbocycles. The number of benzene rings is 1. The van der Waals surface area contributed by atoms with Crippen molar-refractivity contribution in [3.8, 4) is 11.5 Å². The van der Waals surface area contributed by atoms with Crippen molar-refractivity contribution in [3.05, 3.63) is 23.8 Å². The van der Waals surface area contributed by atoms with E-state index in [1.54, 1.807) is 18.9 Å². The smallest absolute Gasteiger partial charge is 0.231 e. The second kappa shape index (κ2) is 4.04. The van der Waals surface area contributed by atoms with Gasteiger partial charge in [0.25, 0.3) is 0 Å². The van der Waals surface area contributed by atoms with E-state index < -0.39 is 0 Å². The van der Waals surface area contributed by atoms with E-state index in [0.717, 1.165) is 17.1 Å². The average Bonchev–Trinajstić information content (AvgIpc) is 2.73. The minimum absolute atomic E-state index is 0.0343. The van der Waals surface area contributed by atoms with Crippen LogP contribution in [0.25, 0.3) is 0 Å². The van der Waals surface area contributed by atoms with Gasteiger partial charge in [-0.1, -0.05) is 6.07 Å². The zero-order chi connectivity index (χ0) is 11.7. The van der Waals surface area contributed by atoms with Gasteiger partial charge < -0.3 is 14.4 Å². The summed E-state index contributed by atoms with van der Waals surface area (Å²) in [6.45, 7) is 3.82. The minimum Gasteiger partial charge on any atom is -0.454 e. The first-order chi connectivity index (χ1) is 7.59. The van der Waals surface area contributed by atoms with E-state index >= 15 is 0 Å². The molecule has 0 radical (unpaired) electrons. The molecule has 86 valence electrons. The molecule has 0 fully saturated rings. The lowest BCUT2D eigenvalue weighted by Gasteiger charge is -2.24. The highest BCUT2D eigenvalue weighted by Gasteiger charge is 2.18. The highest BCUT2D eigenvalue weighted by atomic mass is 16.7. The van der Waals surface area contributed by atoms with Crippen LogP contribution in [0.2, 0.25) is 0 Å². The predicted molar refractivity (Wildman–Crippen MR) is 59.4 cm³/mol. The SMILES string of the molecule is CC(=O)N(C)C(C)c1ccc2c(c1)OCO2. The van der Waals surface area contributed by atoms with Crippen LogP contribution in [0.5, 0.6) is 11.5 Å². The van der Waals surface area contributed by atoms with Gasteiger partial charge >= 0.3 is 0 Å². The molecule has 16 heavy (non-hydrogen) atoms. The number of amides is 1. The van der Waals surface area contributed by atoms with Crippen molar-refractivity contribution >= 4 is 5.91 Å². The van der Waals surface area contributed by atoms with Gasteiger partial charge in [0.15, 0.2) is 11.5 Å². The fraction of sp³-hybridized carbons (Fsp3) is 0.417. The van der Waals surface area contributed by atoms with Crippen LogP contribution in [0, 0.1) is 0 Å². The molecule has 0 aromatic heterocycles. The van der Waals surface area contributed by atoms with Gasteiger partial charge in [-0.05, 0) is 24.6 Å². The van der Waals surface area contributed by atoms with Crippen molar-refractivity contribution in [2.45, 2.75) is 19.9 Å². The molecule has 0 bridgehead atoms. The maximum Gasteiger partial charge on any atom is 0.231 e. The molecule has 0 saturated heterocycles. The first-order valence-electron chi connectivity index (χ1n) is 5.22. The molecular weight excluding hydrogens is 206 g/mol. The summed E-state index contributed by atoms with van der Waals surface area (Å²) in [6.07, 6.45) is 0. The van der Waals surface area contributed by atoms with Gasteiger partial charge in [-0.2, -0.15) is 0 Å². The summed E-state index contributed by atoms with van der Waals surface area (Å²) in [6, 6.07) is 5.79. The van der Waals surface area contributed by atoms with Crippen LogP contribution >= 0.6 is 0 Å². The lowest BCUT2D eigenvalue weighted by molar-refractivity contribution is -0.129. The molecule has 1 aromatic carbocycles. The lowest BCUT2D eigenvalue weighted by Crippen LogP contribution is -2.27. The Kier molecular flexibility index (Phi) is 2.73. The van der Waals surface area contributed by atoms with Gasteiger partial charge in [0.2, 0.25) is 12.7 Å². The largest absolute Gasteiger partial charge is 0.454 e. The van der Waals surface area contributed by atoms with Gasteiger partial charge in [0.1, 0.15) is 0 Å². The highest BCUT2D eigenvalue weighted by molar-refractivity contribution is 5.73. The molecule has 1 aliphatic heterocycles. The van der Waals surface area contributed by atoms with E-state index in [1.807, 2.05) is 25.1 Å². The maximum absolute atomic E-state index is 11.3. The van der Waals surface area contributed by atoms with Crippen molar-refractivity contribution in [1.82, 2.24) is 4.90 Å². The monoisotopic (exact) mass is 221 g/mol. The Hall–Kier alpha value is -1.71. The van der Waals surface area contributed by atoms with E-state index in [0.29, 0.717) is 0 Å². The topological polar surface area (TPSA) is 38.8 Å². The van der Waals surface area contributed by atoms with Gasteiger partial charge in [0.05, 0.1) is 6.04 Å². The van der Waals surface area contributed by atoms with Gasteiger partial charge in [0, 0.05) is 14.0 Å². The Bertz CT molecular complexity index is 417. The zero-order valence-corrected chi connectivity index (χ0v) is 9.69. The average molecular weight is 221 g/mol. The molecular formula is C12H15NO3. The van der Waals surface area contributed by atoms with Crippen LogP contribution in [0.1, 0.15) is 25.5 Å². The molecule has 0 saturated carbocycles. The molecule has 1 atom stereocenters. The van der Waals surface area contributed by atoms with E-state index in [9.17, 15) is 4.79 Å². The van der Waals surface area contributed by atoms with Crippen molar-refractivity contribution in [2.24, 2.45) is 0 Å². The number of hydrogen-bond acceptors (Lipinski definition) is 3. The number of hydrogen-bond donors (Lipinski definition) is 0. The van der Waals surface area contributed by atoms with Crippen molar-refractivity contribution in [2.75, 3.05) is 13.8 Å². The van der Waals surface area contributed by atoms with Gasteiger partial charge in [-0.25, -0.2) is 0 Å². The Morgan fingerprint density at radius 3 is 2.75 bits per heavy atom. The zero-order valence-electron chi connectivity index (χ0n) is 9.69. The second-order valence-electron chi connectivity index (χ2n) is 3.92. The summed E-state index contributed by atoms with van der Waals surface area (Å²) in [5, 5.41) is 0. The maximum atomic E-state index is 11.3. The van der Waals surface area contributed by atoms with E-state index in [4.69, 9.17) is 9.47 Å². The standard InChI is InChI=1S/C12H15NO3/c1-8(13(3)9(2)14)10-4-5-11-12(6-10)16-7-15-11/h4-6,8H,7H2,1-3H3. The third-order valence-electron chi connectivity index (χ3n) is 2.96. The quantitative estimate of drug-likeness (QED) is 0.766. The molecule has 1 unspecified atom stereocenters. The van der Waals surface area contributed by atoms with Crippen molar-refractivity contribution in [3.63, 3.8) is 0 Å². The summed E-state index contributed by atoms with van der Waals surface area (Å²) in [5.41, 5.74) is 1.04. The number of rotatable bonds is 2. The minimum atomic E-state index is 0.0343. The molecule has 1 amide bonds. The Morgan fingerprint density at radius 2 is 2.06 bits per heavy atom. The molecule has 4 nitrogen and oxygen atoms in total. The number of fused-ring (bicyclic) bond motifs is 1. The Labute approximate surface area is 94.8 Å². The normalized spacial score (nSPS) is 14.7. The van der Waals surface area contributed by atoms with E-state index in [-0.39, 0.29) is 18.7 Å². The summed E-state index contributed by atoms with van der Waals surface area (Å²) in [5.74, 6) is 1.56. The summed E-state index contributed by atoms with van der Waals surface area (Å²) < 4.78 is 10.5. The van der Waals surface area contributed by atoms with Crippen LogP contribution in [-0.2, 0) is 4.79 Å². The van der Waals surface area contributed by atoms with Crippen molar-refractivity contribution in [1.29, 1.82) is 0 Å². The molecule has 1 aromatic rings. The third kappa shape index (κ3) is 1.83. The first kappa shape index (κ1) is 10.8. The van der Waals surface area contributed by atoms with Crippen LogP contribution < -0.4 is 9.47 Å². The number of carbonyl (C=O) groups is 1. The summed E-state index contributed by atoms with van der Waals surface area (Å²) in [7, 11) is 1.79. The fourth-order valence-corrected chi connectivity index (χ4v) is 1.67. The predicted octanol–water partition coefficient (Wildman–Crippen LogP) is 1.95. The summed E-state index contributed by atoms with van der Waals surface area (Å²) >= 11 is 0. The molecule has 1 aliphatic rings. The summed E-state index contributed by atoms with van der Waals surface area (Å²) in [4.78, 5) is 13.0. The second-order valence-corrected chi connectivity index (χ2v) is 3.92.